The van der Waals surface area contributed by atoms with Crippen molar-refractivity contribution < 1.29 is 18.0 Å². The second-order valence-electron chi connectivity index (χ2n) is 4.94. The molecule has 0 aliphatic rings. The van der Waals surface area contributed by atoms with E-state index >= 15 is 0 Å². The van der Waals surface area contributed by atoms with E-state index in [4.69, 9.17) is 0 Å². The van der Waals surface area contributed by atoms with Gasteiger partial charge in [0, 0.05) is 11.6 Å². The molecule has 23 heavy (non-hydrogen) atoms. The highest BCUT2D eigenvalue weighted by molar-refractivity contribution is 7.13. The number of pyridine rings is 1. The fourth-order valence-corrected chi connectivity index (χ4v) is 2.85. The van der Waals surface area contributed by atoms with Gasteiger partial charge in [0.15, 0.2) is 5.13 Å². The van der Waals surface area contributed by atoms with Crippen molar-refractivity contribution in [3.05, 3.63) is 46.4 Å². The van der Waals surface area contributed by atoms with Crippen molar-refractivity contribution in [1.29, 1.82) is 0 Å². The number of fused-ring (bicyclic) bond motifs is 1. The second kappa shape index (κ2) is 5.34. The van der Waals surface area contributed by atoms with Crippen molar-refractivity contribution in [3.8, 4) is 0 Å². The third kappa shape index (κ3) is 2.91. The molecule has 0 spiro atoms. The molecule has 0 bridgehead atoms. The molecule has 5 nitrogen and oxygen atoms in total. The fraction of sp³-hybridized carbons (Fsp3) is 0.214. The zero-order valence-electron chi connectivity index (χ0n) is 12.1. The number of halogens is 3. The summed E-state index contributed by atoms with van der Waals surface area (Å²) in [6, 6.07) is 2.17. The summed E-state index contributed by atoms with van der Waals surface area (Å²) in [7, 11) is 0. The lowest BCUT2D eigenvalue weighted by Gasteiger charge is -2.08. The average Bonchev–Trinajstić information content (AvgIpc) is 2.99. The first kappa shape index (κ1) is 15.5. The molecule has 0 aliphatic carbocycles. The number of imidazole rings is 1. The molecule has 0 saturated carbocycles. The monoisotopic (exact) mass is 340 g/mol. The third-order valence-corrected chi connectivity index (χ3v) is 4.05. The van der Waals surface area contributed by atoms with E-state index in [1.807, 2.05) is 0 Å². The molecule has 3 heterocycles. The van der Waals surface area contributed by atoms with Gasteiger partial charge in [-0.05, 0) is 26.0 Å². The van der Waals surface area contributed by atoms with Crippen LogP contribution in [0.2, 0.25) is 0 Å². The average molecular weight is 340 g/mol. The number of alkyl halides is 3. The zero-order chi connectivity index (χ0) is 16.8. The first-order chi connectivity index (χ1) is 10.8. The van der Waals surface area contributed by atoms with Gasteiger partial charge in [-0.15, -0.1) is 11.3 Å². The minimum absolute atomic E-state index is 0.0546. The molecule has 0 atom stereocenters. The SMILES string of the molecule is Cc1csc(NC(=O)c2c(C)nc3ccc(C(F)(F)F)cn23)n1. The van der Waals surface area contributed by atoms with Crippen molar-refractivity contribution in [2.45, 2.75) is 20.0 Å². The first-order valence-corrected chi connectivity index (χ1v) is 7.43. The van der Waals surface area contributed by atoms with Gasteiger partial charge < -0.3 is 0 Å². The van der Waals surface area contributed by atoms with Gasteiger partial charge >= 0.3 is 6.18 Å². The zero-order valence-corrected chi connectivity index (χ0v) is 12.9. The Bertz CT molecular complexity index is 897. The maximum absolute atomic E-state index is 12.9. The molecular formula is C14H11F3N4OS. The summed E-state index contributed by atoms with van der Waals surface area (Å²) in [6.07, 6.45) is -3.62. The Kier molecular flexibility index (Phi) is 3.59. The number of carbonyl (C=O) groups is 1. The summed E-state index contributed by atoms with van der Waals surface area (Å²) in [4.78, 5) is 20.6. The molecule has 120 valence electrons. The molecule has 0 radical (unpaired) electrons. The second-order valence-corrected chi connectivity index (χ2v) is 5.80. The normalized spacial score (nSPS) is 11.9. The Morgan fingerprint density at radius 3 is 2.61 bits per heavy atom. The molecule has 3 aromatic rings. The van der Waals surface area contributed by atoms with E-state index in [0.29, 0.717) is 10.8 Å². The summed E-state index contributed by atoms with van der Waals surface area (Å²) in [5.41, 5.74) is 0.575. The van der Waals surface area contributed by atoms with Gasteiger partial charge in [-0.1, -0.05) is 0 Å². The molecule has 3 aromatic heterocycles. The molecule has 0 aliphatic heterocycles. The lowest BCUT2D eigenvalue weighted by Crippen LogP contribution is -2.16. The van der Waals surface area contributed by atoms with Crippen LogP contribution in [-0.2, 0) is 6.18 Å². The number of nitrogens with one attached hydrogen (secondary N) is 1. The lowest BCUT2D eigenvalue weighted by atomic mass is 10.2. The molecule has 9 heteroatoms. The van der Waals surface area contributed by atoms with E-state index in [0.717, 1.165) is 22.4 Å². The van der Waals surface area contributed by atoms with Crippen LogP contribution in [0.4, 0.5) is 18.3 Å². The minimum Gasteiger partial charge on any atom is -0.296 e. The largest absolute Gasteiger partial charge is 0.417 e. The van der Waals surface area contributed by atoms with E-state index in [-0.39, 0.29) is 11.3 Å². The van der Waals surface area contributed by atoms with E-state index in [2.05, 4.69) is 15.3 Å². The molecule has 3 rings (SSSR count). The Balaban J connectivity index is 2.05. The number of aryl methyl sites for hydroxylation is 2. The maximum atomic E-state index is 12.9. The molecular weight excluding hydrogens is 329 g/mol. The van der Waals surface area contributed by atoms with Gasteiger partial charge in [-0.2, -0.15) is 13.2 Å². The van der Waals surface area contributed by atoms with Gasteiger partial charge in [0.1, 0.15) is 11.3 Å². The molecule has 1 N–H and O–H groups in total. The predicted molar refractivity (Wildman–Crippen MR) is 79.7 cm³/mol. The number of hydrogen-bond donors (Lipinski definition) is 1. The van der Waals surface area contributed by atoms with E-state index in [1.165, 1.54) is 17.4 Å². The first-order valence-electron chi connectivity index (χ1n) is 6.55. The van der Waals surface area contributed by atoms with Gasteiger partial charge in [0.2, 0.25) is 0 Å². The van der Waals surface area contributed by atoms with Crippen molar-refractivity contribution in [2.75, 3.05) is 5.32 Å². The number of anilines is 1. The van der Waals surface area contributed by atoms with Gasteiger partial charge in [-0.3, -0.25) is 14.5 Å². The van der Waals surface area contributed by atoms with Crippen molar-refractivity contribution in [1.82, 2.24) is 14.4 Å². The molecule has 1 amide bonds. The molecule has 0 saturated heterocycles. The highest BCUT2D eigenvalue weighted by Gasteiger charge is 2.31. The van der Waals surface area contributed by atoms with Crippen LogP contribution >= 0.6 is 11.3 Å². The topological polar surface area (TPSA) is 59.3 Å². The minimum atomic E-state index is -4.49. The van der Waals surface area contributed by atoms with Crippen LogP contribution in [0.15, 0.2) is 23.7 Å². The van der Waals surface area contributed by atoms with Crippen LogP contribution in [0.1, 0.15) is 27.4 Å². The van der Waals surface area contributed by atoms with Crippen LogP contribution in [-0.4, -0.2) is 20.3 Å². The summed E-state index contributed by atoms with van der Waals surface area (Å²) in [6.45, 7) is 3.35. The number of rotatable bonds is 2. The molecule has 0 unspecified atom stereocenters. The van der Waals surface area contributed by atoms with Gasteiger partial charge in [-0.25, -0.2) is 9.97 Å². The number of nitrogens with zero attached hydrogens (tertiary/aromatic N) is 3. The fourth-order valence-electron chi connectivity index (χ4n) is 2.17. The van der Waals surface area contributed by atoms with E-state index in [9.17, 15) is 18.0 Å². The Morgan fingerprint density at radius 2 is 2.00 bits per heavy atom. The highest BCUT2D eigenvalue weighted by atomic mass is 32.1. The lowest BCUT2D eigenvalue weighted by molar-refractivity contribution is -0.137. The van der Waals surface area contributed by atoms with Crippen molar-refractivity contribution >= 4 is 28.0 Å². The Labute approximate surface area is 132 Å². The number of hydrogen-bond acceptors (Lipinski definition) is 4. The summed E-state index contributed by atoms with van der Waals surface area (Å²) in [5, 5.41) is 4.73. The van der Waals surface area contributed by atoms with Crippen LogP contribution in [0.5, 0.6) is 0 Å². The standard InChI is InChI=1S/C14H11F3N4OS/c1-7-6-23-13(18-7)20-12(22)11-8(2)19-10-4-3-9(5-21(10)11)14(15,16)17/h3-6H,1-2H3,(H,18,20,22). The number of thiazole rings is 1. The van der Waals surface area contributed by atoms with E-state index in [1.54, 1.807) is 19.2 Å². The third-order valence-electron chi connectivity index (χ3n) is 3.17. The summed E-state index contributed by atoms with van der Waals surface area (Å²) in [5.74, 6) is -0.552. The summed E-state index contributed by atoms with van der Waals surface area (Å²) >= 11 is 1.24. The van der Waals surface area contributed by atoms with Crippen LogP contribution < -0.4 is 5.32 Å². The van der Waals surface area contributed by atoms with E-state index < -0.39 is 17.6 Å². The maximum Gasteiger partial charge on any atom is 0.417 e. The van der Waals surface area contributed by atoms with Crippen molar-refractivity contribution in [3.63, 3.8) is 0 Å². The van der Waals surface area contributed by atoms with Crippen LogP contribution in [0, 0.1) is 13.8 Å². The Hall–Kier alpha value is -2.42. The number of amides is 1. The highest BCUT2D eigenvalue weighted by Crippen LogP contribution is 2.30. The van der Waals surface area contributed by atoms with Gasteiger partial charge in [0.05, 0.1) is 17.0 Å². The van der Waals surface area contributed by atoms with Gasteiger partial charge in [0.25, 0.3) is 5.91 Å². The van der Waals surface area contributed by atoms with Crippen molar-refractivity contribution in [2.24, 2.45) is 0 Å². The number of aromatic nitrogens is 3. The smallest absolute Gasteiger partial charge is 0.296 e. The van der Waals surface area contributed by atoms with Crippen LogP contribution in [0.25, 0.3) is 5.65 Å². The molecule has 0 aromatic carbocycles. The van der Waals surface area contributed by atoms with Crippen LogP contribution in [0.3, 0.4) is 0 Å². The quantitative estimate of drug-likeness (QED) is 0.774. The predicted octanol–water partition coefficient (Wildman–Crippen LogP) is 3.68. The number of carbonyl (C=O) groups excluding carboxylic acids is 1. The Morgan fingerprint density at radius 1 is 1.26 bits per heavy atom. The molecule has 0 fully saturated rings. The summed E-state index contributed by atoms with van der Waals surface area (Å²) < 4.78 is 39.7.